The van der Waals surface area contributed by atoms with Gasteiger partial charge in [0.1, 0.15) is 11.6 Å². The third-order valence-electron chi connectivity index (χ3n) is 4.31. The van der Waals surface area contributed by atoms with Crippen molar-refractivity contribution in [3.05, 3.63) is 35.4 Å². The van der Waals surface area contributed by atoms with E-state index in [-0.39, 0.29) is 17.5 Å². The van der Waals surface area contributed by atoms with Crippen molar-refractivity contribution >= 4 is 0 Å². The molecule has 0 aliphatic heterocycles. The molecule has 0 radical (unpaired) electrons. The Morgan fingerprint density at radius 1 is 1.35 bits per heavy atom. The summed E-state index contributed by atoms with van der Waals surface area (Å²) < 4.78 is 32.8. The van der Waals surface area contributed by atoms with Crippen molar-refractivity contribution in [1.29, 1.82) is 0 Å². The first kappa shape index (κ1) is 15.4. The second kappa shape index (κ2) is 6.64. The number of benzene rings is 1. The third-order valence-corrected chi connectivity index (χ3v) is 4.31. The second-order valence-electron chi connectivity index (χ2n) is 5.57. The summed E-state index contributed by atoms with van der Waals surface area (Å²) in [5.74, 6) is -0.740. The Bertz CT molecular complexity index is 441. The molecule has 1 saturated carbocycles. The van der Waals surface area contributed by atoms with Crippen LogP contribution in [0.4, 0.5) is 8.78 Å². The van der Waals surface area contributed by atoms with Gasteiger partial charge in [-0.2, -0.15) is 0 Å². The first-order valence-corrected chi connectivity index (χ1v) is 7.34. The fraction of sp³-hybridized carbons (Fsp3) is 0.625. The van der Waals surface area contributed by atoms with Crippen molar-refractivity contribution in [2.24, 2.45) is 0 Å². The Hall–Kier alpha value is -1.00. The molecule has 1 aromatic rings. The molecule has 1 atom stereocenters. The topological polar surface area (TPSA) is 21.3 Å². The molecule has 0 heterocycles. The van der Waals surface area contributed by atoms with E-state index < -0.39 is 5.82 Å². The summed E-state index contributed by atoms with van der Waals surface area (Å²) in [7, 11) is 1.71. The first-order valence-electron chi connectivity index (χ1n) is 7.34. The number of methoxy groups -OCH3 is 1. The lowest BCUT2D eigenvalue weighted by molar-refractivity contribution is -0.0981. The van der Waals surface area contributed by atoms with Crippen LogP contribution in [0, 0.1) is 11.6 Å². The summed E-state index contributed by atoms with van der Waals surface area (Å²) >= 11 is 0. The van der Waals surface area contributed by atoms with Crippen LogP contribution in [-0.4, -0.2) is 25.3 Å². The molecule has 1 N–H and O–H groups in total. The highest BCUT2D eigenvalue weighted by atomic mass is 19.1. The van der Waals surface area contributed by atoms with Gasteiger partial charge in [0, 0.05) is 13.2 Å². The molecule has 0 spiro atoms. The van der Waals surface area contributed by atoms with Gasteiger partial charge in [-0.15, -0.1) is 0 Å². The molecule has 1 aromatic carbocycles. The average Bonchev–Trinajstić information content (AvgIpc) is 2.39. The summed E-state index contributed by atoms with van der Waals surface area (Å²) in [6.07, 6.45) is 4.53. The van der Waals surface area contributed by atoms with Crippen LogP contribution in [0.1, 0.15) is 38.2 Å². The van der Waals surface area contributed by atoms with Crippen molar-refractivity contribution in [2.45, 2.75) is 50.7 Å². The Morgan fingerprint density at radius 3 is 2.65 bits per heavy atom. The minimum Gasteiger partial charge on any atom is -0.377 e. The van der Waals surface area contributed by atoms with Crippen LogP contribution < -0.4 is 5.32 Å². The van der Waals surface area contributed by atoms with Crippen molar-refractivity contribution in [3.8, 4) is 0 Å². The zero-order valence-corrected chi connectivity index (χ0v) is 12.2. The van der Waals surface area contributed by atoms with Gasteiger partial charge in [0.15, 0.2) is 0 Å². The van der Waals surface area contributed by atoms with E-state index in [1.165, 1.54) is 12.1 Å². The lowest BCUT2D eigenvalue weighted by atomic mass is 9.72. The molecule has 1 unspecified atom stereocenters. The summed E-state index contributed by atoms with van der Waals surface area (Å²) in [6.45, 7) is 2.94. The maximum Gasteiger partial charge on any atom is 0.126 e. The number of hydrogen-bond donors (Lipinski definition) is 1. The molecule has 0 aromatic heterocycles. The Labute approximate surface area is 119 Å². The van der Waals surface area contributed by atoms with E-state index in [0.717, 1.165) is 38.3 Å². The second-order valence-corrected chi connectivity index (χ2v) is 5.57. The van der Waals surface area contributed by atoms with Crippen LogP contribution in [0.5, 0.6) is 0 Å². The highest BCUT2D eigenvalue weighted by Gasteiger charge is 2.44. The predicted molar refractivity (Wildman–Crippen MR) is 75.7 cm³/mol. The zero-order chi connectivity index (χ0) is 14.6. The first-order chi connectivity index (χ1) is 9.61. The summed E-state index contributed by atoms with van der Waals surface area (Å²) in [5.41, 5.74) is 0.190. The fourth-order valence-corrected chi connectivity index (χ4v) is 2.90. The maximum absolute atomic E-state index is 13.8. The molecule has 0 saturated heterocycles. The number of nitrogens with one attached hydrogen (secondary N) is 1. The van der Waals surface area contributed by atoms with Crippen LogP contribution in [0.15, 0.2) is 18.2 Å². The number of rotatable bonds is 7. The van der Waals surface area contributed by atoms with E-state index in [4.69, 9.17) is 4.74 Å². The average molecular weight is 283 g/mol. The van der Waals surface area contributed by atoms with Gasteiger partial charge in [0.25, 0.3) is 0 Å². The molecule has 1 fully saturated rings. The minimum atomic E-state index is -0.393. The predicted octanol–water partition coefficient (Wildman–Crippen LogP) is 3.44. The van der Waals surface area contributed by atoms with Crippen LogP contribution in [0.3, 0.4) is 0 Å². The van der Waals surface area contributed by atoms with Gasteiger partial charge in [0.05, 0.1) is 5.60 Å². The molecular weight excluding hydrogens is 260 g/mol. The quantitative estimate of drug-likeness (QED) is 0.827. The van der Waals surface area contributed by atoms with Crippen LogP contribution in [0.2, 0.25) is 0 Å². The molecule has 0 amide bonds. The largest absolute Gasteiger partial charge is 0.377 e. The SMILES string of the molecule is CCCNC(Cc1cc(F)ccc1F)C1(OC)CCC1. The van der Waals surface area contributed by atoms with Gasteiger partial charge < -0.3 is 10.1 Å². The van der Waals surface area contributed by atoms with Crippen LogP contribution >= 0.6 is 0 Å². The maximum atomic E-state index is 13.8. The summed E-state index contributed by atoms with van der Waals surface area (Å²) in [6, 6.07) is 3.67. The molecule has 1 aliphatic rings. The highest BCUT2D eigenvalue weighted by molar-refractivity contribution is 5.21. The van der Waals surface area contributed by atoms with Gasteiger partial charge in [-0.1, -0.05) is 6.92 Å². The Balaban J connectivity index is 2.16. The van der Waals surface area contributed by atoms with Gasteiger partial charge in [0.2, 0.25) is 0 Å². The molecule has 2 nitrogen and oxygen atoms in total. The number of halogens is 2. The van der Waals surface area contributed by atoms with Crippen molar-refractivity contribution in [3.63, 3.8) is 0 Å². The molecule has 4 heteroatoms. The number of hydrogen-bond acceptors (Lipinski definition) is 2. The molecule has 112 valence electrons. The summed E-state index contributed by atoms with van der Waals surface area (Å²) in [5, 5.41) is 3.44. The third kappa shape index (κ3) is 3.18. The molecule has 0 bridgehead atoms. The minimum absolute atomic E-state index is 0.0255. The van der Waals surface area contributed by atoms with E-state index in [1.54, 1.807) is 7.11 Å². The highest BCUT2D eigenvalue weighted by Crippen LogP contribution is 2.39. The normalized spacial score (nSPS) is 18.6. The molecule has 1 aliphatic carbocycles. The van der Waals surface area contributed by atoms with E-state index in [2.05, 4.69) is 12.2 Å². The lowest BCUT2D eigenvalue weighted by Crippen LogP contribution is -2.57. The van der Waals surface area contributed by atoms with Gasteiger partial charge in [-0.25, -0.2) is 8.78 Å². The summed E-state index contributed by atoms with van der Waals surface area (Å²) in [4.78, 5) is 0. The Morgan fingerprint density at radius 2 is 2.10 bits per heavy atom. The molecule has 2 rings (SSSR count). The number of ether oxygens (including phenoxy) is 1. The zero-order valence-electron chi connectivity index (χ0n) is 12.2. The van der Waals surface area contributed by atoms with Crippen molar-refractivity contribution in [1.82, 2.24) is 5.32 Å². The van der Waals surface area contributed by atoms with Crippen LogP contribution in [-0.2, 0) is 11.2 Å². The molecular formula is C16H23F2NO. The molecule has 20 heavy (non-hydrogen) atoms. The van der Waals surface area contributed by atoms with Crippen molar-refractivity contribution < 1.29 is 13.5 Å². The Kier molecular flexibility index (Phi) is 5.11. The van der Waals surface area contributed by atoms with Crippen LogP contribution in [0.25, 0.3) is 0 Å². The lowest BCUT2D eigenvalue weighted by Gasteiger charge is -2.47. The smallest absolute Gasteiger partial charge is 0.126 e. The van der Waals surface area contributed by atoms with E-state index >= 15 is 0 Å². The standard InChI is InChI=1S/C16H23F2NO/c1-3-9-19-15(16(20-2)7-4-8-16)11-12-10-13(17)5-6-14(12)18/h5-6,10,15,19H,3-4,7-9,11H2,1-2H3. The van der Waals surface area contributed by atoms with Gasteiger partial charge >= 0.3 is 0 Å². The van der Waals surface area contributed by atoms with Gasteiger partial charge in [-0.3, -0.25) is 0 Å². The van der Waals surface area contributed by atoms with E-state index in [0.29, 0.717) is 12.0 Å². The van der Waals surface area contributed by atoms with E-state index in [9.17, 15) is 8.78 Å². The van der Waals surface area contributed by atoms with Crippen molar-refractivity contribution in [2.75, 3.05) is 13.7 Å². The van der Waals surface area contributed by atoms with Gasteiger partial charge in [-0.05, 0) is 62.4 Å². The monoisotopic (exact) mass is 283 g/mol. The van der Waals surface area contributed by atoms with E-state index in [1.807, 2.05) is 0 Å². The fourth-order valence-electron chi connectivity index (χ4n) is 2.90.